The zero-order valence-corrected chi connectivity index (χ0v) is 10.8. The summed E-state index contributed by atoms with van der Waals surface area (Å²) in [6.45, 7) is 7.08. The largest absolute Gasteiger partial charge is 0.370 e. The second-order valence-corrected chi connectivity index (χ2v) is 4.44. The number of carbonyl (C=O) groups excluding carboxylic acids is 1. The van der Waals surface area contributed by atoms with Gasteiger partial charge >= 0.3 is 0 Å². The molecule has 17 heavy (non-hydrogen) atoms. The molecule has 1 aromatic rings. The van der Waals surface area contributed by atoms with E-state index in [4.69, 9.17) is 0 Å². The molecule has 0 aromatic carbocycles. The standard InChI is InChI=1S/C13H21N3O/c1-4-14-12-7-6-11(9-15-12)16-13(17)8-5-10(2)3/h6-7,9-10H,4-5,8H2,1-3H3,(H,14,15)(H,16,17). The highest BCUT2D eigenvalue weighted by atomic mass is 16.1. The lowest BCUT2D eigenvalue weighted by molar-refractivity contribution is -0.116. The van der Waals surface area contributed by atoms with E-state index in [0.717, 1.165) is 24.5 Å². The van der Waals surface area contributed by atoms with Gasteiger partial charge in [-0.3, -0.25) is 4.79 Å². The van der Waals surface area contributed by atoms with Crippen LogP contribution in [-0.2, 0) is 4.79 Å². The predicted octanol–water partition coefficient (Wildman–Crippen LogP) is 2.89. The summed E-state index contributed by atoms with van der Waals surface area (Å²) in [6, 6.07) is 3.72. The van der Waals surface area contributed by atoms with Gasteiger partial charge in [-0.05, 0) is 31.4 Å². The first-order valence-corrected chi connectivity index (χ1v) is 6.11. The quantitative estimate of drug-likeness (QED) is 0.797. The van der Waals surface area contributed by atoms with Gasteiger partial charge in [-0.25, -0.2) is 4.98 Å². The number of rotatable bonds is 6. The molecule has 0 aliphatic rings. The Morgan fingerprint density at radius 3 is 2.71 bits per heavy atom. The zero-order chi connectivity index (χ0) is 12.7. The first kappa shape index (κ1) is 13.5. The van der Waals surface area contributed by atoms with E-state index in [1.165, 1.54) is 0 Å². The molecular weight excluding hydrogens is 214 g/mol. The summed E-state index contributed by atoms with van der Waals surface area (Å²) in [5.74, 6) is 1.43. The molecule has 1 rings (SSSR count). The third-order valence-electron chi connectivity index (χ3n) is 2.35. The summed E-state index contributed by atoms with van der Waals surface area (Å²) in [7, 11) is 0. The zero-order valence-electron chi connectivity index (χ0n) is 10.8. The van der Waals surface area contributed by atoms with Crippen molar-refractivity contribution in [3.05, 3.63) is 18.3 Å². The minimum Gasteiger partial charge on any atom is -0.370 e. The molecule has 1 heterocycles. The summed E-state index contributed by atoms with van der Waals surface area (Å²) in [5, 5.41) is 5.94. The lowest BCUT2D eigenvalue weighted by Gasteiger charge is -2.07. The van der Waals surface area contributed by atoms with E-state index < -0.39 is 0 Å². The predicted molar refractivity (Wildman–Crippen MR) is 71.1 cm³/mol. The van der Waals surface area contributed by atoms with Crippen molar-refractivity contribution >= 4 is 17.4 Å². The van der Waals surface area contributed by atoms with Gasteiger partial charge in [-0.1, -0.05) is 13.8 Å². The maximum Gasteiger partial charge on any atom is 0.224 e. The Kier molecular flexibility index (Phi) is 5.46. The Balaban J connectivity index is 2.43. The smallest absolute Gasteiger partial charge is 0.224 e. The van der Waals surface area contributed by atoms with Gasteiger partial charge in [0.1, 0.15) is 5.82 Å². The molecule has 0 aliphatic carbocycles. The molecule has 4 nitrogen and oxygen atoms in total. The van der Waals surface area contributed by atoms with Crippen molar-refractivity contribution in [1.29, 1.82) is 0 Å². The lowest BCUT2D eigenvalue weighted by atomic mass is 10.1. The van der Waals surface area contributed by atoms with E-state index >= 15 is 0 Å². The third-order valence-corrected chi connectivity index (χ3v) is 2.35. The van der Waals surface area contributed by atoms with Crippen LogP contribution in [0.15, 0.2) is 18.3 Å². The molecule has 0 bridgehead atoms. The monoisotopic (exact) mass is 235 g/mol. The second-order valence-electron chi connectivity index (χ2n) is 4.44. The number of carbonyl (C=O) groups is 1. The Hall–Kier alpha value is -1.58. The fourth-order valence-electron chi connectivity index (χ4n) is 1.40. The van der Waals surface area contributed by atoms with Crippen LogP contribution in [0.3, 0.4) is 0 Å². The van der Waals surface area contributed by atoms with E-state index in [1.807, 2.05) is 19.1 Å². The molecule has 0 fully saturated rings. The minimum absolute atomic E-state index is 0.0525. The molecule has 1 aromatic heterocycles. The van der Waals surface area contributed by atoms with Crippen LogP contribution in [0.2, 0.25) is 0 Å². The van der Waals surface area contributed by atoms with Gasteiger partial charge in [-0.15, -0.1) is 0 Å². The average Bonchev–Trinajstić information content (AvgIpc) is 2.29. The number of aromatic nitrogens is 1. The molecule has 0 atom stereocenters. The first-order chi connectivity index (χ1) is 8.11. The average molecular weight is 235 g/mol. The number of nitrogens with zero attached hydrogens (tertiary/aromatic N) is 1. The molecule has 0 spiro atoms. The van der Waals surface area contributed by atoms with Gasteiger partial charge in [0.05, 0.1) is 11.9 Å². The molecule has 1 amide bonds. The van der Waals surface area contributed by atoms with Crippen LogP contribution < -0.4 is 10.6 Å². The molecule has 4 heteroatoms. The Morgan fingerprint density at radius 1 is 1.41 bits per heavy atom. The Morgan fingerprint density at radius 2 is 2.18 bits per heavy atom. The molecule has 2 N–H and O–H groups in total. The maximum atomic E-state index is 11.6. The molecule has 0 unspecified atom stereocenters. The van der Waals surface area contributed by atoms with Crippen LogP contribution in [0.5, 0.6) is 0 Å². The van der Waals surface area contributed by atoms with Crippen molar-refractivity contribution in [3.63, 3.8) is 0 Å². The van der Waals surface area contributed by atoms with Gasteiger partial charge in [0.25, 0.3) is 0 Å². The summed E-state index contributed by atoms with van der Waals surface area (Å²) >= 11 is 0. The van der Waals surface area contributed by atoms with Crippen molar-refractivity contribution in [1.82, 2.24) is 4.98 Å². The highest BCUT2D eigenvalue weighted by Gasteiger charge is 2.04. The fraction of sp³-hybridized carbons (Fsp3) is 0.538. The third kappa shape index (κ3) is 5.33. The van der Waals surface area contributed by atoms with Gasteiger partial charge in [0, 0.05) is 13.0 Å². The highest BCUT2D eigenvalue weighted by molar-refractivity contribution is 5.90. The van der Waals surface area contributed by atoms with Crippen molar-refractivity contribution in [2.45, 2.75) is 33.6 Å². The van der Waals surface area contributed by atoms with Gasteiger partial charge in [-0.2, -0.15) is 0 Å². The number of pyridine rings is 1. The van der Waals surface area contributed by atoms with Crippen LogP contribution in [0.25, 0.3) is 0 Å². The summed E-state index contributed by atoms with van der Waals surface area (Å²) in [6.07, 6.45) is 3.15. The van der Waals surface area contributed by atoms with Crippen molar-refractivity contribution < 1.29 is 4.79 Å². The van der Waals surface area contributed by atoms with Crippen molar-refractivity contribution in [2.24, 2.45) is 5.92 Å². The summed E-state index contributed by atoms with van der Waals surface area (Å²) in [4.78, 5) is 15.8. The molecule has 0 saturated heterocycles. The van der Waals surface area contributed by atoms with Gasteiger partial charge < -0.3 is 10.6 Å². The summed E-state index contributed by atoms with van der Waals surface area (Å²) < 4.78 is 0. The maximum absolute atomic E-state index is 11.6. The van der Waals surface area contributed by atoms with E-state index in [1.54, 1.807) is 6.20 Å². The van der Waals surface area contributed by atoms with Crippen LogP contribution in [0, 0.1) is 5.92 Å². The van der Waals surface area contributed by atoms with Crippen molar-refractivity contribution in [2.75, 3.05) is 17.2 Å². The number of nitrogens with one attached hydrogen (secondary N) is 2. The normalized spacial score (nSPS) is 10.4. The highest BCUT2D eigenvalue weighted by Crippen LogP contribution is 2.11. The Labute approximate surface area is 103 Å². The topological polar surface area (TPSA) is 54.0 Å². The van der Waals surface area contributed by atoms with Crippen LogP contribution in [0.4, 0.5) is 11.5 Å². The van der Waals surface area contributed by atoms with E-state index in [2.05, 4.69) is 29.5 Å². The first-order valence-electron chi connectivity index (χ1n) is 6.11. The van der Waals surface area contributed by atoms with E-state index in [9.17, 15) is 4.79 Å². The van der Waals surface area contributed by atoms with Crippen LogP contribution >= 0.6 is 0 Å². The molecule has 0 radical (unpaired) electrons. The lowest BCUT2D eigenvalue weighted by Crippen LogP contribution is -2.12. The van der Waals surface area contributed by atoms with Gasteiger partial charge in [0.2, 0.25) is 5.91 Å². The Bertz CT molecular complexity index is 346. The van der Waals surface area contributed by atoms with Crippen LogP contribution in [-0.4, -0.2) is 17.4 Å². The van der Waals surface area contributed by atoms with Crippen LogP contribution in [0.1, 0.15) is 33.6 Å². The SMILES string of the molecule is CCNc1ccc(NC(=O)CCC(C)C)cn1. The number of anilines is 2. The summed E-state index contributed by atoms with van der Waals surface area (Å²) in [5.41, 5.74) is 0.750. The number of hydrogen-bond donors (Lipinski definition) is 2. The molecule has 0 saturated carbocycles. The molecule has 94 valence electrons. The molecule has 0 aliphatic heterocycles. The van der Waals surface area contributed by atoms with Gasteiger partial charge in [0.15, 0.2) is 0 Å². The van der Waals surface area contributed by atoms with E-state index in [0.29, 0.717) is 12.3 Å². The molecular formula is C13H21N3O. The fourth-order valence-corrected chi connectivity index (χ4v) is 1.40. The number of amides is 1. The van der Waals surface area contributed by atoms with E-state index in [-0.39, 0.29) is 5.91 Å². The minimum atomic E-state index is 0.0525. The second kappa shape index (κ2) is 6.89. The number of hydrogen-bond acceptors (Lipinski definition) is 3. The van der Waals surface area contributed by atoms with Crippen molar-refractivity contribution in [3.8, 4) is 0 Å².